The largest absolute Gasteiger partial charge is 0.493 e. The van der Waals surface area contributed by atoms with Crippen LogP contribution in [0.15, 0.2) is 40.2 Å². The van der Waals surface area contributed by atoms with Crippen molar-refractivity contribution in [1.82, 2.24) is 10.1 Å². The van der Waals surface area contributed by atoms with Crippen molar-refractivity contribution in [2.45, 2.75) is 38.3 Å². The van der Waals surface area contributed by atoms with E-state index in [2.05, 4.69) is 33.6 Å². The van der Waals surface area contributed by atoms with Crippen molar-refractivity contribution in [2.24, 2.45) is 0 Å². The molecule has 1 atom stereocenters. The zero-order valence-corrected chi connectivity index (χ0v) is 18.5. The van der Waals surface area contributed by atoms with Gasteiger partial charge in [0.1, 0.15) is 5.69 Å². The Kier molecular flexibility index (Phi) is 6.59. The highest BCUT2D eigenvalue weighted by Gasteiger charge is 2.28. The van der Waals surface area contributed by atoms with Gasteiger partial charge in [-0.1, -0.05) is 30.1 Å². The highest BCUT2D eigenvalue weighted by Crippen LogP contribution is 2.42. The minimum absolute atomic E-state index is 0.211. The summed E-state index contributed by atoms with van der Waals surface area (Å²) in [5.41, 5.74) is 2.07. The first-order chi connectivity index (χ1) is 14.7. The molecule has 7 heteroatoms. The van der Waals surface area contributed by atoms with Crippen LogP contribution >= 0.6 is 11.3 Å². The molecular formula is C23H28N2O4S. The summed E-state index contributed by atoms with van der Waals surface area (Å²) in [6.45, 7) is 1.75. The average molecular weight is 429 g/mol. The van der Waals surface area contributed by atoms with E-state index >= 15 is 0 Å². The molecule has 1 aliphatic rings. The lowest BCUT2D eigenvalue weighted by Gasteiger charge is -2.29. The third-order valence-electron chi connectivity index (χ3n) is 5.66. The van der Waals surface area contributed by atoms with Gasteiger partial charge in [-0.05, 0) is 36.9 Å². The molecule has 0 aliphatic carbocycles. The Morgan fingerprint density at radius 2 is 1.93 bits per heavy atom. The van der Waals surface area contributed by atoms with Gasteiger partial charge in [-0.2, -0.15) is 0 Å². The Balaban J connectivity index is 1.63. The van der Waals surface area contributed by atoms with Crippen molar-refractivity contribution in [3.8, 4) is 27.9 Å². The standard InChI is InChI=1S/C23H28N2O4S/c1-26-19-11-10-16(22(27-2)23(19)28-3)15-25-12-6-4-5-8-18(25)17-14-20(29-24-17)21-9-7-13-30-21/h7,9-11,13-14,18H,4-6,8,12,15H2,1-3H3. The van der Waals surface area contributed by atoms with E-state index in [1.54, 1.807) is 32.7 Å². The Morgan fingerprint density at radius 3 is 2.67 bits per heavy atom. The lowest BCUT2D eigenvalue weighted by atomic mass is 10.0. The van der Waals surface area contributed by atoms with Gasteiger partial charge in [-0.25, -0.2) is 0 Å². The van der Waals surface area contributed by atoms with Crippen molar-refractivity contribution in [3.05, 3.63) is 47.0 Å². The summed E-state index contributed by atoms with van der Waals surface area (Å²) in [5.74, 6) is 2.86. The first kappa shape index (κ1) is 20.8. The molecule has 30 heavy (non-hydrogen) atoms. The van der Waals surface area contributed by atoms with Crippen molar-refractivity contribution in [2.75, 3.05) is 27.9 Å². The minimum Gasteiger partial charge on any atom is -0.493 e. The van der Waals surface area contributed by atoms with E-state index in [4.69, 9.17) is 18.7 Å². The van der Waals surface area contributed by atoms with Crippen LogP contribution in [0.3, 0.4) is 0 Å². The molecule has 0 radical (unpaired) electrons. The van der Waals surface area contributed by atoms with Crippen LogP contribution in [0.25, 0.3) is 10.6 Å². The van der Waals surface area contributed by atoms with Gasteiger partial charge in [0.05, 0.1) is 32.2 Å². The van der Waals surface area contributed by atoms with E-state index in [1.807, 2.05) is 12.1 Å². The van der Waals surface area contributed by atoms with Crippen molar-refractivity contribution in [3.63, 3.8) is 0 Å². The van der Waals surface area contributed by atoms with Crippen LogP contribution in [-0.4, -0.2) is 37.9 Å². The highest BCUT2D eigenvalue weighted by atomic mass is 32.1. The van der Waals surface area contributed by atoms with Crippen molar-refractivity contribution >= 4 is 11.3 Å². The van der Waals surface area contributed by atoms with E-state index in [9.17, 15) is 0 Å². The van der Waals surface area contributed by atoms with Crippen molar-refractivity contribution < 1.29 is 18.7 Å². The van der Waals surface area contributed by atoms with Crippen LogP contribution < -0.4 is 14.2 Å². The molecule has 3 aromatic rings. The molecule has 4 rings (SSSR count). The van der Waals surface area contributed by atoms with Gasteiger partial charge in [0.25, 0.3) is 0 Å². The van der Waals surface area contributed by atoms with E-state index in [0.29, 0.717) is 11.5 Å². The summed E-state index contributed by atoms with van der Waals surface area (Å²) >= 11 is 1.67. The smallest absolute Gasteiger partial charge is 0.203 e. The Morgan fingerprint density at radius 1 is 1.07 bits per heavy atom. The van der Waals surface area contributed by atoms with Crippen LogP contribution in [-0.2, 0) is 6.54 Å². The number of ether oxygens (including phenoxy) is 3. The SMILES string of the molecule is COc1ccc(CN2CCCCCC2c2cc(-c3cccs3)on2)c(OC)c1OC. The summed E-state index contributed by atoms with van der Waals surface area (Å²) in [5, 5.41) is 6.50. The molecule has 0 saturated carbocycles. The van der Waals surface area contributed by atoms with Crippen LogP contribution in [0.4, 0.5) is 0 Å². The number of aromatic nitrogens is 1. The normalized spacial score (nSPS) is 17.5. The molecule has 160 valence electrons. The zero-order chi connectivity index (χ0) is 20.9. The third kappa shape index (κ3) is 4.18. The summed E-state index contributed by atoms with van der Waals surface area (Å²) in [4.78, 5) is 3.59. The minimum atomic E-state index is 0.211. The second-order valence-electron chi connectivity index (χ2n) is 7.42. The van der Waals surface area contributed by atoms with Gasteiger partial charge in [0, 0.05) is 18.2 Å². The first-order valence-electron chi connectivity index (χ1n) is 10.3. The fourth-order valence-electron chi connectivity index (χ4n) is 4.18. The molecule has 6 nitrogen and oxygen atoms in total. The first-order valence-corrected chi connectivity index (χ1v) is 11.2. The molecule has 1 aromatic carbocycles. The Hall–Kier alpha value is -2.51. The quantitative estimate of drug-likeness (QED) is 0.492. The van der Waals surface area contributed by atoms with Gasteiger partial charge >= 0.3 is 0 Å². The predicted molar refractivity (Wildman–Crippen MR) is 118 cm³/mol. The number of hydrogen-bond donors (Lipinski definition) is 0. The van der Waals surface area contributed by atoms with Crippen LogP contribution in [0.2, 0.25) is 0 Å². The fraction of sp³-hybridized carbons (Fsp3) is 0.435. The van der Waals surface area contributed by atoms with Crippen LogP contribution in [0, 0.1) is 0 Å². The summed E-state index contributed by atoms with van der Waals surface area (Å²) in [6, 6.07) is 10.4. The molecule has 2 aromatic heterocycles. The maximum atomic E-state index is 5.71. The second-order valence-corrected chi connectivity index (χ2v) is 8.37. The van der Waals surface area contributed by atoms with Crippen molar-refractivity contribution in [1.29, 1.82) is 0 Å². The number of thiophene rings is 1. The zero-order valence-electron chi connectivity index (χ0n) is 17.7. The number of benzene rings is 1. The third-order valence-corrected chi connectivity index (χ3v) is 6.54. The lowest BCUT2D eigenvalue weighted by Crippen LogP contribution is -2.28. The average Bonchev–Trinajstić information content (AvgIpc) is 3.42. The monoisotopic (exact) mass is 428 g/mol. The molecule has 3 heterocycles. The Labute approximate surface area is 181 Å². The second kappa shape index (κ2) is 9.53. The van der Waals surface area contributed by atoms with Crippen LogP contribution in [0.5, 0.6) is 17.2 Å². The molecule has 0 spiro atoms. The number of hydrogen-bond acceptors (Lipinski definition) is 7. The van der Waals surface area contributed by atoms with E-state index in [0.717, 1.165) is 47.2 Å². The lowest BCUT2D eigenvalue weighted by molar-refractivity contribution is 0.181. The molecule has 1 saturated heterocycles. The molecule has 0 amide bonds. The summed E-state index contributed by atoms with van der Waals surface area (Å²) in [6.07, 6.45) is 4.64. The maximum absolute atomic E-state index is 5.71. The summed E-state index contributed by atoms with van der Waals surface area (Å²) in [7, 11) is 4.95. The molecule has 0 N–H and O–H groups in total. The maximum Gasteiger partial charge on any atom is 0.203 e. The fourth-order valence-corrected chi connectivity index (χ4v) is 4.85. The van der Waals surface area contributed by atoms with E-state index in [1.165, 1.54) is 19.3 Å². The number of nitrogens with zero attached hydrogens (tertiary/aromatic N) is 2. The van der Waals surface area contributed by atoms with E-state index < -0.39 is 0 Å². The van der Waals surface area contributed by atoms with Crippen LogP contribution in [0.1, 0.15) is 43.0 Å². The number of likely N-dealkylation sites (tertiary alicyclic amines) is 1. The summed E-state index contributed by atoms with van der Waals surface area (Å²) < 4.78 is 22.4. The van der Waals surface area contributed by atoms with Gasteiger partial charge in [0.15, 0.2) is 17.3 Å². The van der Waals surface area contributed by atoms with E-state index in [-0.39, 0.29) is 6.04 Å². The predicted octanol–water partition coefficient (Wildman–Crippen LogP) is 5.55. The van der Waals surface area contributed by atoms with Gasteiger partial charge in [-0.3, -0.25) is 4.90 Å². The van der Waals surface area contributed by atoms with Gasteiger partial charge in [-0.15, -0.1) is 11.3 Å². The highest BCUT2D eigenvalue weighted by molar-refractivity contribution is 7.13. The molecule has 0 bridgehead atoms. The molecule has 1 aliphatic heterocycles. The Bertz CT molecular complexity index is 954. The number of rotatable bonds is 7. The van der Waals surface area contributed by atoms with Gasteiger partial charge in [0.2, 0.25) is 5.75 Å². The topological polar surface area (TPSA) is 57.0 Å². The number of methoxy groups -OCH3 is 3. The van der Waals surface area contributed by atoms with Gasteiger partial charge < -0.3 is 18.7 Å². The molecular weight excluding hydrogens is 400 g/mol. The molecule has 1 unspecified atom stereocenters. The molecule has 1 fully saturated rings.